The molecule has 2 aromatic rings. The van der Waals surface area contributed by atoms with Crippen molar-refractivity contribution < 1.29 is 9.32 Å². The van der Waals surface area contributed by atoms with Crippen LogP contribution in [0.15, 0.2) is 34.9 Å². The quantitative estimate of drug-likeness (QED) is 0.834. The number of aromatic nitrogens is 2. The van der Waals surface area contributed by atoms with Gasteiger partial charge in [-0.3, -0.25) is 4.90 Å². The van der Waals surface area contributed by atoms with E-state index in [1.807, 2.05) is 30.3 Å². The molecule has 0 aliphatic carbocycles. The van der Waals surface area contributed by atoms with Crippen LogP contribution in [0, 0.1) is 0 Å². The molecule has 2 N–H and O–H groups in total. The van der Waals surface area contributed by atoms with Crippen LogP contribution in [0.25, 0.3) is 0 Å². The lowest BCUT2D eigenvalue weighted by Gasteiger charge is -2.30. The summed E-state index contributed by atoms with van der Waals surface area (Å²) in [5, 5.41) is 10.5. The highest BCUT2D eigenvalue weighted by Gasteiger charge is 2.35. The molecule has 1 aromatic carbocycles. The first-order chi connectivity index (χ1) is 12.7. The van der Waals surface area contributed by atoms with Crippen molar-refractivity contribution in [3.63, 3.8) is 0 Å². The standard InChI is InChI=1S/C18H24N6O2.ClH/c1-23-11-9-19-12-15(23)16-21-17(26-22-16)14-8-5-10-24(14)18(25)20-13-6-3-2-4-7-13;/h2-4,6-7,14-15,19H,5,8-12H2,1H3,(H,20,25);1H. The van der Waals surface area contributed by atoms with Gasteiger partial charge in [0.25, 0.3) is 0 Å². The Morgan fingerprint density at radius 2 is 2.07 bits per heavy atom. The summed E-state index contributed by atoms with van der Waals surface area (Å²) in [5.41, 5.74) is 0.782. The van der Waals surface area contributed by atoms with E-state index < -0.39 is 0 Å². The molecular formula is C18H25ClN6O2. The molecule has 0 radical (unpaired) electrons. The van der Waals surface area contributed by atoms with Crippen molar-refractivity contribution in [3.05, 3.63) is 42.0 Å². The summed E-state index contributed by atoms with van der Waals surface area (Å²) in [7, 11) is 2.07. The molecule has 8 nitrogen and oxygen atoms in total. The summed E-state index contributed by atoms with van der Waals surface area (Å²) in [6, 6.07) is 9.28. The minimum Gasteiger partial charge on any atom is -0.337 e. The van der Waals surface area contributed by atoms with Gasteiger partial charge in [-0.1, -0.05) is 23.4 Å². The van der Waals surface area contributed by atoms with Gasteiger partial charge in [-0.2, -0.15) is 4.98 Å². The monoisotopic (exact) mass is 392 g/mol. The normalized spacial score (nSPS) is 23.1. The van der Waals surface area contributed by atoms with Crippen molar-refractivity contribution >= 4 is 24.1 Å². The minimum atomic E-state index is -0.165. The van der Waals surface area contributed by atoms with Gasteiger partial charge in [-0.05, 0) is 32.0 Å². The molecule has 2 unspecified atom stereocenters. The SMILES string of the molecule is CN1CCNCC1c1noc(C2CCCN2C(=O)Nc2ccccc2)n1.Cl. The van der Waals surface area contributed by atoms with E-state index in [9.17, 15) is 4.79 Å². The number of hydrogen-bond donors (Lipinski definition) is 2. The third kappa shape index (κ3) is 4.23. The topological polar surface area (TPSA) is 86.5 Å². The Balaban J connectivity index is 0.00000210. The number of para-hydroxylation sites is 1. The predicted molar refractivity (Wildman–Crippen MR) is 104 cm³/mol. The van der Waals surface area contributed by atoms with Crippen molar-refractivity contribution in [3.8, 4) is 0 Å². The molecule has 3 heterocycles. The summed E-state index contributed by atoms with van der Waals surface area (Å²) in [4.78, 5) is 21.3. The largest absolute Gasteiger partial charge is 0.337 e. The molecular weight excluding hydrogens is 368 g/mol. The lowest BCUT2D eigenvalue weighted by atomic mass is 10.2. The molecule has 1 aromatic heterocycles. The Kier molecular flexibility index (Phi) is 6.30. The number of carbonyl (C=O) groups is 1. The van der Waals surface area contributed by atoms with Crippen LogP contribution in [0.4, 0.5) is 10.5 Å². The fourth-order valence-electron chi connectivity index (χ4n) is 3.60. The molecule has 9 heteroatoms. The molecule has 0 bridgehead atoms. The van der Waals surface area contributed by atoms with Gasteiger partial charge in [0.1, 0.15) is 6.04 Å². The fraction of sp³-hybridized carbons (Fsp3) is 0.500. The highest BCUT2D eigenvalue weighted by atomic mass is 35.5. The Morgan fingerprint density at radius 1 is 1.26 bits per heavy atom. The van der Waals surface area contributed by atoms with Crippen LogP contribution >= 0.6 is 12.4 Å². The van der Waals surface area contributed by atoms with E-state index in [0.717, 1.165) is 38.2 Å². The third-order valence-corrected chi connectivity index (χ3v) is 5.09. The fourth-order valence-corrected chi connectivity index (χ4v) is 3.60. The molecule has 2 aliphatic heterocycles. The number of nitrogens with one attached hydrogen (secondary N) is 2. The Bertz CT molecular complexity index is 755. The second-order valence-corrected chi connectivity index (χ2v) is 6.84. The zero-order valence-corrected chi connectivity index (χ0v) is 16.1. The van der Waals surface area contributed by atoms with Crippen LogP contribution in [-0.4, -0.2) is 59.2 Å². The number of rotatable bonds is 3. The molecule has 0 spiro atoms. The van der Waals surface area contributed by atoms with Gasteiger partial charge < -0.3 is 20.1 Å². The molecule has 0 saturated carbocycles. The number of piperazine rings is 1. The maximum Gasteiger partial charge on any atom is 0.322 e. The second-order valence-electron chi connectivity index (χ2n) is 6.84. The number of nitrogens with zero attached hydrogens (tertiary/aromatic N) is 4. The van der Waals surface area contributed by atoms with Gasteiger partial charge in [-0.15, -0.1) is 12.4 Å². The first-order valence-corrected chi connectivity index (χ1v) is 9.09. The van der Waals surface area contributed by atoms with Crippen LogP contribution < -0.4 is 10.6 Å². The summed E-state index contributed by atoms with van der Waals surface area (Å²) in [6.07, 6.45) is 1.76. The molecule has 2 aliphatic rings. The molecule has 2 saturated heterocycles. The van der Waals surface area contributed by atoms with Crippen molar-refractivity contribution in [1.82, 2.24) is 25.3 Å². The van der Waals surface area contributed by atoms with Crippen LogP contribution in [-0.2, 0) is 0 Å². The van der Waals surface area contributed by atoms with Gasteiger partial charge in [0, 0.05) is 31.9 Å². The van der Waals surface area contributed by atoms with Crippen LogP contribution in [0.2, 0.25) is 0 Å². The van der Waals surface area contributed by atoms with Crippen molar-refractivity contribution in [2.75, 3.05) is 38.5 Å². The number of likely N-dealkylation sites (N-methyl/N-ethyl adjacent to an activating group) is 1. The number of halogens is 1. The number of hydrogen-bond acceptors (Lipinski definition) is 6. The second kappa shape index (κ2) is 8.69. The van der Waals surface area contributed by atoms with Crippen molar-refractivity contribution in [1.29, 1.82) is 0 Å². The maximum absolute atomic E-state index is 12.7. The first-order valence-electron chi connectivity index (χ1n) is 9.09. The molecule has 146 valence electrons. The van der Waals surface area contributed by atoms with Crippen LogP contribution in [0.3, 0.4) is 0 Å². The maximum atomic E-state index is 12.7. The summed E-state index contributed by atoms with van der Waals surface area (Å²) in [5.74, 6) is 1.21. The first kappa shape index (κ1) is 19.6. The Hall–Kier alpha value is -2.16. The Labute approximate surface area is 164 Å². The van der Waals surface area contributed by atoms with Gasteiger partial charge in [-0.25, -0.2) is 4.79 Å². The number of benzene rings is 1. The summed E-state index contributed by atoms with van der Waals surface area (Å²) in [6.45, 7) is 3.40. The number of anilines is 1. The predicted octanol–water partition coefficient (Wildman–Crippen LogP) is 2.44. The van der Waals surface area contributed by atoms with Crippen LogP contribution in [0.1, 0.15) is 36.6 Å². The van der Waals surface area contributed by atoms with E-state index in [1.165, 1.54) is 0 Å². The highest BCUT2D eigenvalue weighted by molar-refractivity contribution is 5.89. The lowest BCUT2D eigenvalue weighted by Crippen LogP contribution is -2.44. The van der Waals surface area contributed by atoms with E-state index in [1.54, 1.807) is 4.90 Å². The average Bonchev–Trinajstić information content (AvgIpc) is 3.32. The smallest absolute Gasteiger partial charge is 0.322 e. The van der Waals surface area contributed by atoms with E-state index in [0.29, 0.717) is 18.3 Å². The lowest BCUT2D eigenvalue weighted by molar-refractivity contribution is 0.187. The highest BCUT2D eigenvalue weighted by Crippen LogP contribution is 2.32. The minimum absolute atomic E-state index is 0. The zero-order chi connectivity index (χ0) is 17.9. The number of urea groups is 1. The molecule has 2 fully saturated rings. The van der Waals surface area contributed by atoms with Crippen molar-refractivity contribution in [2.45, 2.75) is 24.9 Å². The van der Waals surface area contributed by atoms with Crippen molar-refractivity contribution in [2.24, 2.45) is 0 Å². The molecule has 2 amide bonds. The zero-order valence-electron chi connectivity index (χ0n) is 15.3. The summed E-state index contributed by atoms with van der Waals surface area (Å²) >= 11 is 0. The Morgan fingerprint density at radius 3 is 2.85 bits per heavy atom. The molecule has 2 atom stereocenters. The van der Waals surface area contributed by atoms with Gasteiger partial charge in [0.05, 0.1) is 6.04 Å². The van der Waals surface area contributed by atoms with E-state index in [4.69, 9.17) is 4.52 Å². The molecule has 27 heavy (non-hydrogen) atoms. The third-order valence-electron chi connectivity index (χ3n) is 5.09. The van der Waals surface area contributed by atoms with E-state index >= 15 is 0 Å². The van der Waals surface area contributed by atoms with Gasteiger partial charge in [0.2, 0.25) is 5.89 Å². The van der Waals surface area contributed by atoms with Crippen LogP contribution in [0.5, 0.6) is 0 Å². The van der Waals surface area contributed by atoms with E-state index in [2.05, 4.69) is 32.7 Å². The number of likely N-dealkylation sites (tertiary alicyclic amines) is 1. The molecule has 4 rings (SSSR count). The van der Waals surface area contributed by atoms with Gasteiger partial charge >= 0.3 is 6.03 Å². The van der Waals surface area contributed by atoms with Gasteiger partial charge in [0.15, 0.2) is 5.82 Å². The number of carbonyl (C=O) groups excluding carboxylic acids is 1. The average molecular weight is 393 g/mol. The summed E-state index contributed by atoms with van der Waals surface area (Å²) < 4.78 is 5.54. The van der Waals surface area contributed by atoms with E-state index in [-0.39, 0.29) is 30.5 Å². The number of amides is 2.